The van der Waals surface area contributed by atoms with Gasteiger partial charge in [0.2, 0.25) is 0 Å². The first kappa shape index (κ1) is 27.2. The van der Waals surface area contributed by atoms with Gasteiger partial charge in [0.1, 0.15) is 0 Å². The highest BCUT2D eigenvalue weighted by Crippen LogP contribution is 2.24. The maximum absolute atomic E-state index is 5.37. The number of hydrogen-bond acceptors (Lipinski definition) is 4. The van der Waals surface area contributed by atoms with Crippen LogP contribution in [-0.4, -0.2) is 29.5 Å². The number of aromatic nitrogens is 6. The van der Waals surface area contributed by atoms with Crippen LogP contribution in [0.1, 0.15) is 22.3 Å². The lowest BCUT2D eigenvalue weighted by Crippen LogP contribution is -1.97. The molecule has 0 spiro atoms. The summed E-state index contributed by atoms with van der Waals surface area (Å²) in [6.07, 6.45) is 0. The minimum absolute atomic E-state index is 0.602. The lowest BCUT2D eigenvalue weighted by Gasteiger charge is -2.07. The van der Waals surface area contributed by atoms with Gasteiger partial charge >= 0.3 is 0 Å². The van der Waals surface area contributed by atoms with Crippen molar-refractivity contribution in [3.8, 4) is 34.2 Å². The molecule has 6 nitrogen and oxygen atoms in total. The van der Waals surface area contributed by atoms with Crippen LogP contribution < -0.4 is 0 Å². The van der Waals surface area contributed by atoms with Crippen LogP contribution >= 0.6 is 24.4 Å². The van der Waals surface area contributed by atoms with Gasteiger partial charge in [0.15, 0.2) is 21.2 Å². The predicted octanol–water partition coefficient (Wildman–Crippen LogP) is 8.43. The van der Waals surface area contributed by atoms with E-state index in [0.29, 0.717) is 9.54 Å². The zero-order chi connectivity index (χ0) is 28.2. The van der Waals surface area contributed by atoms with Gasteiger partial charge in [0.05, 0.1) is 0 Å². The van der Waals surface area contributed by atoms with Crippen molar-refractivity contribution < 1.29 is 0 Å². The molecule has 0 fully saturated rings. The smallest absolute Gasteiger partial charge is 0.200 e. The predicted molar refractivity (Wildman–Crippen MR) is 167 cm³/mol. The Kier molecular flexibility index (Phi) is 8.00. The molecule has 0 aliphatic heterocycles. The first-order valence-corrected chi connectivity index (χ1v) is 13.7. The van der Waals surface area contributed by atoms with Crippen LogP contribution in [0.15, 0.2) is 97.1 Å². The molecule has 6 rings (SSSR count). The Morgan fingerprint density at radius 3 is 1.23 bits per heavy atom. The maximum Gasteiger partial charge on any atom is 0.200 e. The summed E-state index contributed by atoms with van der Waals surface area (Å²) < 4.78 is 5.13. The van der Waals surface area contributed by atoms with E-state index in [0.717, 1.165) is 34.2 Å². The van der Waals surface area contributed by atoms with Crippen LogP contribution in [0, 0.1) is 37.2 Å². The zero-order valence-corrected chi connectivity index (χ0v) is 24.5. The summed E-state index contributed by atoms with van der Waals surface area (Å²) in [6, 6.07) is 33.0. The normalized spacial score (nSPS) is 10.7. The van der Waals surface area contributed by atoms with Gasteiger partial charge < -0.3 is 0 Å². The maximum atomic E-state index is 5.37. The standard InChI is InChI=1S/2C16H15N3S/c2*1-11-6-8-14(9-7-11)19-15(17-18-16(19)20)13-5-3-4-12(2)10-13/h2*3-10H,1-2H3,(H,18,20). The van der Waals surface area contributed by atoms with Crippen LogP contribution in [0.2, 0.25) is 0 Å². The third-order valence-corrected chi connectivity index (χ3v) is 7.03. The molecule has 0 bridgehead atoms. The average molecular weight is 563 g/mol. The largest absolute Gasteiger partial charge is 0.268 e. The summed E-state index contributed by atoms with van der Waals surface area (Å²) in [6.45, 7) is 8.28. The van der Waals surface area contributed by atoms with E-state index in [4.69, 9.17) is 24.4 Å². The second kappa shape index (κ2) is 11.8. The SMILES string of the molecule is Cc1ccc(-n2c(-c3cccc(C)c3)n[nH]c2=S)cc1.Cc1ccc(-n2c(-c3cccc(C)c3)n[nH]c2=S)cc1. The Balaban J connectivity index is 0.000000161. The van der Waals surface area contributed by atoms with Crippen molar-refractivity contribution in [2.75, 3.05) is 0 Å². The van der Waals surface area contributed by atoms with Gasteiger partial charge in [0, 0.05) is 22.5 Å². The van der Waals surface area contributed by atoms with Crippen molar-refractivity contribution >= 4 is 24.4 Å². The fourth-order valence-corrected chi connectivity index (χ4v) is 4.89. The molecule has 0 unspecified atom stereocenters. The molecule has 200 valence electrons. The number of rotatable bonds is 4. The Hall–Kier alpha value is -4.40. The van der Waals surface area contributed by atoms with Gasteiger partial charge in [0.25, 0.3) is 0 Å². The molecule has 0 saturated carbocycles. The molecule has 0 atom stereocenters. The molecular weight excluding hydrogens is 533 g/mol. The summed E-state index contributed by atoms with van der Waals surface area (Å²) in [7, 11) is 0. The Labute approximate surface area is 244 Å². The van der Waals surface area contributed by atoms with Crippen molar-refractivity contribution in [3.05, 3.63) is 129 Å². The van der Waals surface area contributed by atoms with Crippen molar-refractivity contribution in [2.45, 2.75) is 27.7 Å². The molecule has 4 aromatic carbocycles. The molecule has 0 aliphatic rings. The number of H-pyrrole nitrogens is 2. The Morgan fingerprint density at radius 1 is 0.500 bits per heavy atom. The molecule has 0 saturated heterocycles. The summed E-state index contributed by atoms with van der Waals surface area (Å²) in [5, 5.41) is 14.5. The fourth-order valence-electron chi connectivity index (χ4n) is 4.42. The third kappa shape index (κ3) is 5.93. The molecular formula is C32H30N6S2. The summed E-state index contributed by atoms with van der Waals surface area (Å²) in [5.74, 6) is 1.67. The second-order valence-corrected chi connectivity index (χ2v) is 10.6. The number of aromatic amines is 2. The highest BCUT2D eigenvalue weighted by molar-refractivity contribution is 7.71. The number of aryl methyl sites for hydroxylation is 4. The number of nitrogens with one attached hydrogen (secondary N) is 2. The van der Waals surface area contributed by atoms with Gasteiger partial charge in [-0.2, -0.15) is 10.2 Å². The van der Waals surface area contributed by atoms with Crippen LogP contribution in [0.4, 0.5) is 0 Å². The van der Waals surface area contributed by atoms with Crippen molar-refractivity contribution in [3.63, 3.8) is 0 Å². The molecule has 6 aromatic rings. The minimum Gasteiger partial charge on any atom is -0.268 e. The van der Waals surface area contributed by atoms with Gasteiger partial charge in [-0.3, -0.25) is 19.3 Å². The fraction of sp³-hybridized carbons (Fsp3) is 0.125. The Morgan fingerprint density at radius 2 is 0.875 bits per heavy atom. The van der Waals surface area contributed by atoms with E-state index in [-0.39, 0.29) is 0 Å². The van der Waals surface area contributed by atoms with E-state index in [1.165, 1.54) is 22.3 Å². The molecule has 0 radical (unpaired) electrons. The van der Waals surface area contributed by atoms with Gasteiger partial charge in [-0.15, -0.1) is 0 Å². The first-order valence-electron chi connectivity index (χ1n) is 12.9. The van der Waals surface area contributed by atoms with Crippen LogP contribution in [0.25, 0.3) is 34.2 Å². The van der Waals surface area contributed by atoms with E-state index in [1.54, 1.807) is 0 Å². The Bertz CT molecular complexity index is 1730. The molecule has 0 aliphatic carbocycles. The summed E-state index contributed by atoms with van der Waals surface area (Å²) in [5.41, 5.74) is 8.99. The van der Waals surface area contributed by atoms with E-state index >= 15 is 0 Å². The highest BCUT2D eigenvalue weighted by atomic mass is 32.1. The lowest BCUT2D eigenvalue weighted by atomic mass is 10.1. The van der Waals surface area contributed by atoms with Gasteiger partial charge in [-0.05, 0) is 88.5 Å². The zero-order valence-electron chi connectivity index (χ0n) is 22.8. The van der Waals surface area contributed by atoms with E-state index in [1.807, 2.05) is 33.4 Å². The molecule has 0 amide bonds. The van der Waals surface area contributed by atoms with E-state index < -0.39 is 0 Å². The number of nitrogens with zero attached hydrogens (tertiary/aromatic N) is 4. The topological polar surface area (TPSA) is 67.2 Å². The summed E-state index contributed by atoms with van der Waals surface area (Å²) >= 11 is 10.7. The first-order chi connectivity index (χ1) is 19.3. The highest BCUT2D eigenvalue weighted by Gasteiger charge is 2.11. The minimum atomic E-state index is 0.602. The molecule has 2 heterocycles. The molecule has 40 heavy (non-hydrogen) atoms. The third-order valence-electron chi connectivity index (χ3n) is 6.48. The van der Waals surface area contributed by atoms with Crippen LogP contribution in [0.3, 0.4) is 0 Å². The van der Waals surface area contributed by atoms with E-state index in [9.17, 15) is 0 Å². The van der Waals surface area contributed by atoms with Crippen LogP contribution in [-0.2, 0) is 0 Å². The second-order valence-electron chi connectivity index (χ2n) is 9.79. The van der Waals surface area contributed by atoms with Crippen molar-refractivity contribution in [2.24, 2.45) is 0 Å². The number of benzene rings is 4. The average Bonchev–Trinajstić information content (AvgIpc) is 3.52. The quantitative estimate of drug-likeness (QED) is 0.212. The van der Waals surface area contributed by atoms with E-state index in [2.05, 4.69) is 121 Å². The molecule has 2 aromatic heterocycles. The van der Waals surface area contributed by atoms with Crippen molar-refractivity contribution in [1.82, 2.24) is 29.5 Å². The number of hydrogen-bond donors (Lipinski definition) is 2. The monoisotopic (exact) mass is 562 g/mol. The van der Waals surface area contributed by atoms with Crippen LogP contribution in [0.5, 0.6) is 0 Å². The summed E-state index contributed by atoms with van der Waals surface area (Å²) in [4.78, 5) is 0. The van der Waals surface area contributed by atoms with Gasteiger partial charge in [-0.1, -0.05) is 82.9 Å². The van der Waals surface area contributed by atoms with Crippen molar-refractivity contribution in [1.29, 1.82) is 0 Å². The lowest BCUT2D eigenvalue weighted by molar-refractivity contribution is 1.03. The molecule has 2 N–H and O–H groups in total. The van der Waals surface area contributed by atoms with Gasteiger partial charge in [-0.25, -0.2) is 0 Å². The molecule has 8 heteroatoms.